The standard InChI is InChI=1S/C21H19FN8O5S3/c1-9-11(37-12-5-28(2)8-29(9)12)4-3-10-6-36-19-14(18(32)30(19)15(10)20(33)34)24-17(31)13(26-35-7-22)16-25-21(23)38-27-16/h3-5,8,14,19H,6-7H2,1-2H3,(H3-,23,24,25,27,31,33,34)/p+1/b4-3?,26-13-/t14-,19-/m1/s1. The summed E-state index contributed by atoms with van der Waals surface area (Å²) in [5.41, 5.74) is 6.43. The second-order valence-corrected chi connectivity index (χ2v) is 11.1. The van der Waals surface area contributed by atoms with Crippen LogP contribution in [0.5, 0.6) is 0 Å². The predicted octanol–water partition coefficient (Wildman–Crippen LogP) is 0.667. The molecule has 5 heterocycles. The fourth-order valence-electron chi connectivity index (χ4n) is 4.06. The van der Waals surface area contributed by atoms with Crippen molar-refractivity contribution in [2.45, 2.75) is 18.3 Å². The number of nitrogens with one attached hydrogen (secondary N) is 1. The summed E-state index contributed by atoms with van der Waals surface area (Å²) in [6.45, 7) is 0.674. The molecule has 5 rings (SSSR count). The summed E-state index contributed by atoms with van der Waals surface area (Å²) in [6.07, 6.45) is 7.50. The number of nitrogens with zero attached hydrogens (tertiary/aromatic N) is 6. The van der Waals surface area contributed by atoms with Crippen LogP contribution in [-0.4, -0.2) is 71.3 Å². The second-order valence-electron chi connectivity index (χ2n) is 8.18. The molecule has 1 saturated heterocycles. The Kier molecular flexibility index (Phi) is 6.89. The first-order valence-electron chi connectivity index (χ1n) is 10.9. The van der Waals surface area contributed by atoms with Gasteiger partial charge in [-0.15, -0.1) is 11.8 Å². The zero-order valence-electron chi connectivity index (χ0n) is 19.8. The van der Waals surface area contributed by atoms with Crippen LogP contribution < -0.4 is 15.6 Å². The third-order valence-electron chi connectivity index (χ3n) is 5.78. The van der Waals surface area contributed by atoms with E-state index >= 15 is 0 Å². The first-order valence-corrected chi connectivity index (χ1v) is 13.6. The van der Waals surface area contributed by atoms with Gasteiger partial charge >= 0.3 is 5.97 Å². The number of carbonyl (C=O) groups excluding carboxylic acids is 2. The van der Waals surface area contributed by atoms with Crippen LogP contribution in [-0.2, 0) is 26.3 Å². The van der Waals surface area contributed by atoms with Gasteiger partial charge < -0.3 is 21.0 Å². The van der Waals surface area contributed by atoms with E-state index in [0.717, 1.165) is 31.8 Å². The number of hydrogen-bond acceptors (Lipinski definition) is 11. The third kappa shape index (κ3) is 4.52. The highest BCUT2D eigenvalue weighted by molar-refractivity contribution is 8.00. The minimum Gasteiger partial charge on any atom is -0.477 e. The maximum Gasteiger partial charge on any atom is 0.352 e. The molecule has 0 bridgehead atoms. The van der Waals surface area contributed by atoms with Crippen molar-refractivity contribution < 1.29 is 33.3 Å². The number of aliphatic carboxylic acids is 1. The molecule has 1 fully saturated rings. The topological polar surface area (TPSA) is 168 Å². The zero-order chi connectivity index (χ0) is 27.1. The minimum atomic E-state index is -1.30. The van der Waals surface area contributed by atoms with Crippen LogP contribution in [0.4, 0.5) is 9.52 Å². The molecule has 198 valence electrons. The molecular weight excluding hydrogens is 559 g/mol. The van der Waals surface area contributed by atoms with Crippen molar-refractivity contribution in [1.82, 2.24) is 24.0 Å². The average Bonchev–Trinajstić information content (AvgIpc) is 3.55. The summed E-state index contributed by atoms with van der Waals surface area (Å²) >= 11 is 3.67. The van der Waals surface area contributed by atoms with E-state index < -0.39 is 41.8 Å². The molecule has 3 aromatic rings. The molecular formula is C21H20FN8O5S3+. The van der Waals surface area contributed by atoms with Crippen molar-refractivity contribution in [2.24, 2.45) is 12.2 Å². The number of fused-ring (bicyclic) bond motifs is 2. The van der Waals surface area contributed by atoms with E-state index in [2.05, 4.69) is 24.7 Å². The number of hydrogen-bond donors (Lipinski definition) is 3. The number of carboxylic acid groups (broad SMARTS) is 1. The highest BCUT2D eigenvalue weighted by Crippen LogP contribution is 2.41. The average molecular weight is 580 g/mol. The molecule has 17 heteroatoms. The van der Waals surface area contributed by atoms with E-state index in [-0.39, 0.29) is 16.7 Å². The van der Waals surface area contributed by atoms with Crippen LogP contribution in [0.15, 0.2) is 35.0 Å². The highest BCUT2D eigenvalue weighted by Gasteiger charge is 2.54. The molecule has 3 aromatic heterocycles. The maximum absolute atomic E-state index is 13.0. The number of anilines is 1. The number of carboxylic acids is 1. The first-order chi connectivity index (χ1) is 18.2. The Morgan fingerprint density at radius 1 is 1.45 bits per heavy atom. The van der Waals surface area contributed by atoms with Gasteiger partial charge in [0, 0.05) is 17.3 Å². The number of rotatable bonds is 8. The van der Waals surface area contributed by atoms with Gasteiger partial charge in [-0.3, -0.25) is 14.5 Å². The van der Waals surface area contributed by atoms with Crippen LogP contribution in [0.3, 0.4) is 0 Å². The Morgan fingerprint density at radius 3 is 2.89 bits per heavy atom. The van der Waals surface area contributed by atoms with Crippen LogP contribution in [0.2, 0.25) is 0 Å². The largest absolute Gasteiger partial charge is 0.477 e. The van der Waals surface area contributed by atoms with Crippen molar-refractivity contribution in [3.8, 4) is 0 Å². The van der Waals surface area contributed by atoms with Crippen LogP contribution in [0.1, 0.15) is 16.4 Å². The Balaban J connectivity index is 1.36. The van der Waals surface area contributed by atoms with Gasteiger partial charge in [0.15, 0.2) is 5.13 Å². The molecule has 0 saturated carbocycles. The molecule has 2 atom stereocenters. The van der Waals surface area contributed by atoms with Crippen LogP contribution >= 0.6 is 34.6 Å². The van der Waals surface area contributed by atoms with Crippen LogP contribution in [0.25, 0.3) is 10.9 Å². The van der Waals surface area contributed by atoms with Gasteiger partial charge in [0.05, 0.1) is 11.9 Å². The number of imidazole rings is 1. The van der Waals surface area contributed by atoms with E-state index in [0.29, 0.717) is 11.3 Å². The van der Waals surface area contributed by atoms with Crippen molar-refractivity contribution >= 4 is 74.2 Å². The van der Waals surface area contributed by atoms with Gasteiger partial charge in [0.1, 0.15) is 29.0 Å². The fourth-order valence-corrected chi connectivity index (χ4v) is 6.92. The highest BCUT2D eigenvalue weighted by atomic mass is 32.2. The lowest BCUT2D eigenvalue weighted by Crippen LogP contribution is -2.71. The van der Waals surface area contributed by atoms with E-state index in [1.165, 1.54) is 11.8 Å². The minimum absolute atomic E-state index is 0.0517. The maximum atomic E-state index is 13.0. The molecule has 0 aliphatic carbocycles. The fraction of sp³-hybridized carbons (Fsp3) is 0.286. The van der Waals surface area contributed by atoms with Gasteiger partial charge in [-0.05, 0) is 18.6 Å². The Bertz CT molecular complexity index is 1560. The molecule has 0 unspecified atom stereocenters. The van der Waals surface area contributed by atoms with Crippen molar-refractivity contribution in [3.63, 3.8) is 0 Å². The zero-order valence-corrected chi connectivity index (χ0v) is 22.3. The molecule has 38 heavy (non-hydrogen) atoms. The number of aryl methyl sites for hydroxylation is 2. The number of nitrogen functional groups attached to an aromatic ring is 1. The van der Waals surface area contributed by atoms with E-state index in [9.17, 15) is 23.9 Å². The predicted molar refractivity (Wildman–Crippen MR) is 138 cm³/mol. The lowest BCUT2D eigenvalue weighted by atomic mass is 10.0. The number of oxime groups is 1. The lowest BCUT2D eigenvalue weighted by molar-refractivity contribution is -0.670. The summed E-state index contributed by atoms with van der Waals surface area (Å²) in [4.78, 5) is 49.4. The second kappa shape index (κ2) is 10.1. The number of nitrogens with two attached hydrogens (primary N) is 1. The Morgan fingerprint density at radius 2 is 2.24 bits per heavy atom. The quantitative estimate of drug-likeness (QED) is 0.150. The summed E-state index contributed by atoms with van der Waals surface area (Å²) in [5, 5.41) is 15.2. The number of halogens is 1. The molecule has 0 spiro atoms. The van der Waals surface area contributed by atoms with Gasteiger partial charge in [0.2, 0.25) is 22.7 Å². The van der Waals surface area contributed by atoms with Crippen LogP contribution in [0, 0.1) is 6.92 Å². The number of alkyl halides is 1. The summed E-state index contributed by atoms with van der Waals surface area (Å²) in [6, 6.07) is -1.04. The number of β-lactam (4-membered cyclic amide) rings is 1. The van der Waals surface area contributed by atoms with Crippen molar-refractivity contribution in [2.75, 3.05) is 18.3 Å². The SMILES string of the molecule is Cc1c(C=CC2=C(C(=O)O)N3C(=O)[C@@H](NC(=O)/C(=N\OCF)c4nsc(N)n4)[C@H]3SC2)sc2c[n+](C)cn12. The Hall–Kier alpha value is -3.83. The van der Waals surface area contributed by atoms with Gasteiger partial charge in [-0.25, -0.2) is 13.8 Å². The monoisotopic (exact) mass is 579 g/mol. The number of allylic oxidation sites excluding steroid dienone is 1. The summed E-state index contributed by atoms with van der Waals surface area (Å²) < 4.78 is 20.4. The molecule has 13 nitrogen and oxygen atoms in total. The first kappa shape index (κ1) is 25.8. The smallest absolute Gasteiger partial charge is 0.352 e. The number of amides is 2. The van der Waals surface area contributed by atoms with Crippen molar-refractivity contribution in [3.05, 3.63) is 46.3 Å². The van der Waals surface area contributed by atoms with Gasteiger partial charge in [0.25, 0.3) is 18.7 Å². The van der Waals surface area contributed by atoms with E-state index in [1.807, 2.05) is 41.5 Å². The molecule has 2 aliphatic rings. The van der Waals surface area contributed by atoms with E-state index in [4.69, 9.17) is 5.73 Å². The normalized spacial score (nSPS) is 19.7. The molecule has 4 N–H and O–H groups in total. The third-order valence-corrected chi connectivity index (χ3v) is 8.79. The molecule has 2 amide bonds. The molecule has 0 aromatic carbocycles. The summed E-state index contributed by atoms with van der Waals surface area (Å²) in [5.74, 6) is -2.64. The molecule has 2 aliphatic heterocycles. The van der Waals surface area contributed by atoms with E-state index in [1.54, 1.807) is 17.4 Å². The summed E-state index contributed by atoms with van der Waals surface area (Å²) in [7, 11) is 1.94. The van der Waals surface area contributed by atoms with Gasteiger partial charge in [-0.1, -0.05) is 22.6 Å². The lowest BCUT2D eigenvalue weighted by Gasteiger charge is -2.49. The number of carbonyl (C=O) groups is 3. The molecule has 0 radical (unpaired) electrons. The van der Waals surface area contributed by atoms with Crippen molar-refractivity contribution in [1.29, 1.82) is 0 Å². The Labute approximate surface area is 226 Å². The van der Waals surface area contributed by atoms with Gasteiger partial charge in [-0.2, -0.15) is 13.8 Å². The number of thioether (sulfide) groups is 1. The number of aromatic nitrogens is 4. The number of thiazole rings is 1.